The van der Waals surface area contributed by atoms with Crippen molar-refractivity contribution < 1.29 is 0 Å². The van der Waals surface area contributed by atoms with E-state index in [2.05, 4.69) is 137 Å². The van der Waals surface area contributed by atoms with E-state index < -0.39 is 0 Å². The van der Waals surface area contributed by atoms with Gasteiger partial charge < -0.3 is 9.13 Å². The number of hydrogen-bond acceptors (Lipinski definition) is 1. The Morgan fingerprint density at radius 2 is 1.23 bits per heavy atom. The fourth-order valence-corrected chi connectivity index (χ4v) is 8.64. The van der Waals surface area contributed by atoms with Gasteiger partial charge in [0.15, 0.2) is 0 Å². The quantitative estimate of drug-likeness (QED) is 0.207. The summed E-state index contributed by atoms with van der Waals surface area (Å²) in [5.41, 5.74) is 11.9. The number of nitrogens with zero attached hydrogens (tertiary/aromatic N) is 2. The van der Waals surface area contributed by atoms with E-state index in [1.807, 2.05) is 11.8 Å². The van der Waals surface area contributed by atoms with Gasteiger partial charge in [0.2, 0.25) is 6.71 Å². The molecule has 0 saturated carbocycles. The van der Waals surface area contributed by atoms with Crippen molar-refractivity contribution in [2.24, 2.45) is 0 Å². The molecule has 4 heteroatoms. The topological polar surface area (TPSA) is 9.86 Å². The predicted octanol–water partition coefficient (Wildman–Crippen LogP) is 7.18. The minimum atomic E-state index is 0.236. The zero-order valence-electron chi connectivity index (χ0n) is 21.5. The highest BCUT2D eigenvalue weighted by Crippen LogP contribution is 2.43. The summed E-state index contributed by atoms with van der Waals surface area (Å²) in [5, 5.41) is 5.24. The van der Waals surface area contributed by atoms with Crippen LogP contribution in [0.2, 0.25) is 0 Å². The van der Waals surface area contributed by atoms with E-state index in [0.29, 0.717) is 0 Å². The minimum Gasteiger partial charge on any atom is -0.310 e. The van der Waals surface area contributed by atoms with Gasteiger partial charge in [-0.2, -0.15) is 0 Å². The maximum absolute atomic E-state index is 2.55. The molecular weight excluding hydrogens is 503 g/mol. The summed E-state index contributed by atoms with van der Waals surface area (Å²) >= 11 is 1.91. The lowest BCUT2D eigenvalue weighted by atomic mass is 9.35. The highest BCUT2D eigenvalue weighted by atomic mass is 32.2. The molecule has 0 aliphatic carbocycles. The highest BCUT2D eigenvalue weighted by molar-refractivity contribution is 8.00. The van der Waals surface area contributed by atoms with Crippen LogP contribution in [-0.2, 0) is 0 Å². The average Bonchev–Trinajstić information content (AvgIpc) is 3.53. The number of aromatic nitrogens is 2. The molecule has 2 nitrogen and oxygen atoms in total. The second-order valence-corrected chi connectivity index (χ2v) is 12.0. The largest absolute Gasteiger partial charge is 0.310 e. The van der Waals surface area contributed by atoms with Crippen LogP contribution >= 0.6 is 11.8 Å². The third-order valence-corrected chi connectivity index (χ3v) is 10.1. The normalized spacial score (nSPS) is 13.3. The molecule has 6 aromatic carbocycles. The van der Waals surface area contributed by atoms with E-state index in [1.165, 1.54) is 81.2 Å². The van der Waals surface area contributed by atoms with Gasteiger partial charge in [-0.3, -0.25) is 0 Å². The van der Waals surface area contributed by atoms with Gasteiger partial charge in [-0.25, -0.2) is 0 Å². The number of fused-ring (bicyclic) bond motifs is 11. The molecule has 8 aromatic rings. The lowest BCUT2D eigenvalue weighted by Crippen LogP contribution is -2.58. The number of rotatable bonds is 1. The third kappa shape index (κ3) is 2.49. The smallest absolute Gasteiger partial charge is 0.249 e. The van der Waals surface area contributed by atoms with E-state index in [0.717, 1.165) is 0 Å². The first-order valence-corrected chi connectivity index (χ1v) is 14.6. The van der Waals surface area contributed by atoms with Gasteiger partial charge in [-0.1, -0.05) is 102 Å². The van der Waals surface area contributed by atoms with Crippen LogP contribution in [0.5, 0.6) is 0 Å². The van der Waals surface area contributed by atoms with Crippen LogP contribution in [0.1, 0.15) is 0 Å². The van der Waals surface area contributed by atoms with Crippen molar-refractivity contribution in [3.8, 4) is 11.4 Å². The van der Waals surface area contributed by atoms with Crippen LogP contribution in [0.4, 0.5) is 0 Å². The zero-order chi connectivity index (χ0) is 25.9. The summed E-state index contributed by atoms with van der Waals surface area (Å²) in [5.74, 6) is 0. The van der Waals surface area contributed by atoms with E-state index in [4.69, 9.17) is 0 Å². The minimum absolute atomic E-state index is 0.236. The SMILES string of the molecule is c1ccc(-n2c3ccccc3c3ccc4c(c5cccc6c5n4-c4cccc5c4B6c4ccccc4S5)c32)cc1. The molecule has 0 spiro atoms. The molecule has 0 bridgehead atoms. The molecule has 0 N–H and O–H groups in total. The summed E-state index contributed by atoms with van der Waals surface area (Å²) in [6.07, 6.45) is 0. The Morgan fingerprint density at radius 3 is 2.17 bits per heavy atom. The molecule has 10 rings (SSSR count). The Kier molecular flexibility index (Phi) is 3.97. The molecule has 40 heavy (non-hydrogen) atoms. The molecule has 0 amide bonds. The first-order chi connectivity index (χ1) is 19.9. The lowest BCUT2D eigenvalue weighted by molar-refractivity contribution is 1.17. The second-order valence-electron chi connectivity index (χ2n) is 10.9. The Balaban J connectivity index is 1.45. The van der Waals surface area contributed by atoms with Crippen molar-refractivity contribution in [3.05, 3.63) is 127 Å². The highest BCUT2D eigenvalue weighted by Gasteiger charge is 2.39. The molecule has 4 heterocycles. The van der Waals surface area contributed by atoms with Crippen molar-refractivity contribution in [3.63, 3.8) is 0 Å². The standard InChI is InChI=1S/C36H21BN2S/c1-2-10-22(11-3-1)38-28-16-6-4-12-23(28)24-20-21-29-33(36(24)38)25-13-8-15-27-35(25)39(29)30-17-9-19-32-34(30)37(27)26-14-5-7-18-31(26)40-32/h1-21H. The van der Waals surface area contributed by atoms with Crippen LogP contribution in [-0.4, -0.2) is 15.8 Å². The van der Waals surface area contributed by atoms with Crippen molar-refractivity contribution in [1.29, 1.82) is 0 Å². The molecule has 184 valence electrons. The monoisotopic (exact) mass is 524 g/mol. The Bertz CT molecular complexity index is 2360. The Labute approximate surface area is 235 Å². The molecule has 2 aliphatic heterocycles. The zero-order valence-corrected chi connectivity index (χ0v) is 22.3. The summed E-state index contributed by atoms with van der Waals surface area (Å²) < 4.78 is 5.02. The van der Waals surface area contributed by atoms with Crippen LogP contribution in [0.25, 0.3) is 55.0 Å². The third-order valence-electron chi connectivity index (χ3n) is 8.96. The molecule has 0 radical (unpaired) electrons. The molecule has 0 fully saturated rings. The van der Waals surface area contributed by atoms with Crippen molar-refractivity contribution in [2.45, 2.75) is 9.79 Å². The van der Waals surface area contributed by atoms with Gasteiger partial charge in [0.25, 0.3) is 0 Å². The number of benzene rings is 6. The van der Waals surface area contributed by atoms with Gasteiger partial charge in [-0.05, 0) is 53.4 Å². The van der Waals surface area contributed by atoms with Gasteiger partial charge in [0.1, 0.15) is 0 Å². The van der Waals surface area contributed by atoms with E-state index >= 15 is 0 Å². The second kappa shape index (κ2) is 7.50. The van der Waals surface area contributed by atoms with Crippen molar-refractivity contribution in [2.75, 3.05) is 0 Å². The maximum atomic E-state index is 2.55. The summed E-state index contributed by atoms with van der Waals surface area (Å²) in [6, 6.07) is 47.1. The van der Waals surface area contributed by atoms with Crippen molar-refractivity contribution >= 4 is 78.5 Å². The number of hydrogen-bond donors (Lipinski definition) is 0. The summed E-state index contributed by atoms with van der Waals surface area (Å²) in [6.45, 7) is 0.236. The molecule has 0 atom stereocenters. The van der Waals surface area contributed by atoms with Gasteiger partial charge in [0, 0.05) is 48.2 Å². The lowest BCUT2D eigenvalue weighted by Gasteiger charge is -2.33. The fourth-order valence-electron chi connectivity index (χ4n) is 7.48. The Hall–Kier alpha value is -4.67. The number of para-hydroxylation sites is 3. The van der Waals surface area contributed by atoms with Crippen LogP contribution in [0.3, 0.4) is 0 Å². The van der Waals surface area contributed by atoms with E-state index in [-0.39, 0.29) is 6.71 Å². The van der Waals surface area contributed by atoms with Crippen LogP contribution < -0.4 is 16.4 Å². The first-order valence-electron chi connectivity index (χ1n) is 13.8. The molecular formula is C36H21BN2S. The molecule has 2 aromatic heterocycles. The molecule has 2 aliphatic rings. The average molecular weight is 524 g/mol. The Morgan fingerprint density at radius 1 is 0.475 bits per heavy atom. The van der Waals surface area contributed by atoms with Gasteiger partial charge in [0.05, 0.1) is 16.6 Å². The van der Waals surface area contributed by atoms with Crippen molar-refractivity contribution in [1.82, 2.24) is 9.13 Å². The molecule has 0 unspecified atom stereocenters. The molecule has 0 saturated heterocycles. The van der Waals surface area contributed by atoms with Gasteiger partial charge >= 0.3 is 0 Å². The summed E-state index contributed by atoms with van der Waals surface area (Å²) in [4.78, 5) is 2.73. The van der Waals surface area contributed by atoms with Gasteiger partial charge in [-0.15, -0.1) is 0 Å². The first kappa shape index (κ1) is 21.2. The van der Waals surface area contributed by atoms with Crippen LogP contribution in [0, 0.1) is 0 Å². The van der Waals surface area contributed by atoms with Crippen LogP contribution in [0.15, 0.2) is 137 Å². The predicted molar refractivity (Wildman–Crippen MR) is 170 cm³/mol. The maximum Gasteiger partial charge on any atom is 0.249 e. The fraction of sp³-hybridized carbons (Fsp3) is 0. The van der Waals surface area contributed by atoms with E-state index in [1.54, 1.807) is 0 Å². The summed E-state index contributed by atoms with van der Waals surface area (Å²) in [7, 11) is 0. The van der Waals surface area contributed by atoms with E-state index in [9.17, 15) is 0 Å².